The highest BCUT2D eigenvalue weighted by Gasteiger charge is 2.24. The van der Waals surface area contributed by atoms with Crippen molar-refractivity contribution in [1.29, 1.82) is 0 Å². The van der Waals surface area contributed by atoms with Gasteiger partial charge < -0.3 is 10.6 Å². The van der Waals surface area contributed by atoms with Gasteiger partial charge in [-0.25, -0.2) is 0 Å². The second-order valence-corrected chi connectivity index (χ2v) is 8.72. The van der Waals surface area contributed by atoms with Gasteiger partial charge in [0, 0.05) is 24.8 Å². The first-order valence-electron chi connectivity index (χ1n) is 11.4. The lowest BCUT2D eigenvalue weighted by molar-refractivity contribution is -0.131. The first kappa shape index (κ1) is 25.9. The molecule has 3 atom stereocenters. The third-order valence-electron chi connectivity index (χ3n) is 5.29. The largest absolute Gasteiger partial charge is 0.351 e. The highest BCUT2D eigenvalue weighted by Crippen LogP contribution is 2.13. The molecule has 0 radical (unpaired) electrons. The normalized spacial score (nSPS) is 14.1. The summed E-state index contributed by atoms with van der Waals surface area (Å²) in [6.45, 7) is 9.96. The fourth-order valence-corrected chi connectivity index (χ4v) is 3.65. The predicted octanol–water partition coefficient (Wildman–Crippen LogP) is 4.44. The smallest absolute Gasteiger partial charge is 0.242 e. The quantitative estimate of drug-likeness (QED) is 0.471. The van der Waals surface area contributed by atoms with E-state index in [4.69, 9.17) is 0 Å². The molecule has 1 aromatic carbocycles. The van der Waals surface area contributed by atoms with Gasteiger partial charge in [-0.05, 0) is 43.6 Å². The Kier molecular flexibility index (Phi) is 12.0. The Hall–Kier alpha value is -2.17. The van der Waals surface area contributed by atoms with E-state index in [1.165, 1.54) is 0 Å². The second-order valence-electron chi connectivity index (χ2n) is 8.72. The third-order valence-corrected chi connectivity index (χ3v) is 5.29. The van der Waals surface area contributed by atoms with Crippen molar-refractivity contribution in [3.63, 3.8) is 0 Å². The van der Waals surface area contributed by atoms with Crippen LogP contribution < -0.4 is 10.6 Å². The minimum absolute atomic E-state index is 0.0802. The van der Waals surface area contributed by atoms with Crippen LogP contribution in [0, 0.1) is 11.8 Å². The third kappa shape index (κ3) is 10.0. The summed E-state index contributed by atoms with van der Waals surface area (Å²) < 4.78 is 0. The van der Waals surface area contributed by atoms with Crippen molar-refractivity contribution in [2.24, 2.45) is 11.8 Å². The van der Waals surface area contributed by atoms with Gasteiger partial charge in [0.05, 0.1) is 0 Å². The van der Waals surface area contributed by atoms with Crippen LogP contribution >= 0.6 is 0 Å². The molecule has 3 unspecified atom stereocenters. The first-order chi connectivity index (χ1) is 14.3. The van der Waals surface area contributed by atoms with Gasteiger partial charge in [-0.3, -0.25) is 14.4 Å². The lowest BCUT2D eigenvalue weighted by Gasteiger charge is -2.24. The predicted molar refractivity (Wildman–Crippen MR) is 122 cm³/mol. The standard InChI is InChI=1S/C25H40N2O3/c1-6-11-22(28)15-14-21(17-20-12-9-8-10-13-20)26-25(30)23(7-2)27-24(29)19(5)16-18(3)4/h8-10,12-13,18-19,21,23H,6-7,11,14-17H2,1-5H3,(H,26,30)(H,27,29). The molecule has 5 heteroatoms. The van der Waals surface area contributed by atoms with Crippen LogP contribution in [0.25, 0.3) is 0 Å². The molecule has 1 aromatic rings. The summed E-state index contributed by atoms with van der Waals surface area (Å²) in [5.74, 6) is 0.275. The molecule has 0 aliphatic carbocycles. The van der Waals surface area contributed by atoms with Crippen LogP contribution in [0.2, 0.25) is 0 Å². The number of nitrogens with one attached hydrogen (secondary N) is 2. The molecule has 0 heterocycles. The van der Waals surface area contributed by atoms with Gasteiger partial charge in [0.25, 0.3) is 0 Å². The van der Waals surface area contributed by atoms with Crippen molar-refractivity contribution < 1.29 is 14.4 Å². The van der Waals surface area contributed by atoms with Crippen molar-refractivity contribution in [2.45, 2.75) is 91.6 Å². The molecule has 0 aromatic heterocycles. The van der Waals surface area contributed by atoms with E-state index in [1.54, 1.807) is 0 Å². The molecule has 168 valence electrons. The van der Waals surface area contributed by atoms with Gasteiger partial charge in [-0.1, -0.05) is 65.0 Å². The number of carbonyl (C=O) groups is 3. The Morgan fingerprint density at radius 3 is 2.13 bits per heavy atom. The number of rotatable bonds is 14. The molecular weight excluding hydrogens is 376 g/mol. The average molecular weight is 417 g/mol. The molecule has 0 bridgehead atoms. The molecule has 0 fully saturated rings. The van der Waals surface area contributed by atoms with E-state index < -0.39 is 6.04 Å². The summed E-state index contributed by atoms with van der Waals surface area (Å²) in [7, 11) is 0. The number of carbonyl (C=O) groups excluding carboxylic acids is 3. The topological polar surface area (TPSA) is 75.3 Å². The molecule has 0 spiro atoms. The number of Topliss-reactive ketones (excluding diaryl/α,β-unsaturated/α-hetero) is 1. The molecule has 0 aliphatic rings. The fraction of sp³-hybridized carbons (Fsp3) is 0.640. The van der Waals surface area contributed by atoms with Crippen molar-refractivity contribution in [2.75, 3.05) is 0 Å². The Labute approximate surface area is 182 Å². The van der Waals surface area contributed by atoms with Crippen molar-refractivity contribution >= 4 is 17.6 Å². The highest BCUT2D eigenvalue weighted by molar-refractivity contribution is 5.88. The van der Waals surface area contributed by atoms with Gasteiger partial charge in [-0.15, -0.1) is 0 Å². The summed E-state index contributed by atoms with van der Waals surface area (Å²) in [6.07, 6.45) is 4.47. The van der Waals surface area contributed by atoms with Crippen molar-refractivity contribution in [3.05, 3.63) is 35.9 Å². The number of hydrogen-bond donors (Lipinski definition) is 2. The van der Waals surface area contributed by atoms with E-state index in [1.807, 2.05) is 51.1 Å². The van der Waals surface area contributed by atoms with Gasteiger partial charge in [-0.2, -0.15) is 0 Å². The Morgan fingerprint density at radius 2 is 1.57 bits per heavy atom. The van der Waals surface area contributed by atoms with E-state index in [-0.39, 0.29) is 29.6 Å². The lowest BCUT2D eigenvalue weighted by atomic mass is 9.97. The first-order valence-corrected chi connectivity index (χ1v) is 11.4. The molecule has 0 saturated heterocycles. The second kappa shape index (κ2) is 13.9. The van der Waals surface area contributed by atoms with E-state index in [2.05, 4.69) is 24.5 Å². The van der Waals surface area contributed by atoms with Crippen LogP contribution in [-0.4, -0.2) is 29.7 Å². The number of hydrogen-bond acceptors (Lipinski definition) is 3. The van der Waals surface area contributed by atoms with E-state index in [9.17, 15) is 14.4 Å². The van der Waals surface area contributed by atoms with E-state index >= 15 is 0 Å². The summed E-state index contributed by atoms with van der Waals surface area (Å²) in [5, 5.41) is 6.00. The van der Waals surface area contributed by atoms with Crippen LogP contribution in [0.5, 0.6) is 0 Å². The Morgan fingerprint density at radius 1 is 0.900 bits per heavy atom. The highest BCUT2D eigenvalue weighted by atomic mass is 16.2. The van der Waals surface area contributed by atoms with Crippen molar-refractivity contribution in [3.8, 4) is 0 Å². The minimum Gasteiger partial charge on any atom is -0.351 e. The van der Waals surface area contributed by atoms with Gasteiger partial charge >= 0.3 is 0 Å². The molecule has 0 saturated carbocycles. The van der Waals surface area contributed by atoms with Crippen LogP contribution in [-0.2, 0) is 20.8 Å². The molecule has 2 N–H and O–H groups in total. The summed E-state index contributed by atoms with van der Waals surface area (Å²) >= 11 is 0. The fourth-order valence-electron chi connectivity index (χ4n) is 3.65. The minimum atomic E-state index is -0.559. The lowest BCUT2D eigenvalue weighted by Crippen LogP contribution is -2.51. The SMILES string of the molecule is CCCC(=O)CCC(Cc1ccccc1)NC(=O)C(CC)NC(=O)C(C)CC(C)C. The zero-order valence-electron chi connectivity index (χ0n) is 19.4. The molecular formula is C25H40N2O3. The Bertz CT molecular complexity index is 658. The molecule has 30 heavy (non-hydrogen) atoms. The number of benzene rings is 1. The zero-order chi connectivity index (χ0) is 22.5. The van der Waals surface area contributed by atoms with Crippen LogP contribution in [0.4, 0.5) is 0 Å². The van der Waals surface area contributed by atoms with Crippen LogP contribution in [0.15, 0.2) is 30.3 Å². The average Bonchev–Trinajstić information content (AvgIpc) is 2.70. The summed E-state index contributed by atoms with van der Waals surface area (Å²) in [5.41, 5.74) is 1.12. The Balaban J connectivity index is 2.76. The van der Waals surface area contributed by atoms with Gasteiger partial charge in [0.15, 0.2) is 0 Å². The van der Waals surface area contributed by atoms with Gasteiger partial charge in [0.2, 0.25) is 11.8 Å². The summed E-state index contributed by atoms with van der Waals surface area (Å²) in [6, 6.07) is 9.27. The maximum Gasteiger partial charge on any atom is 0.242 e. The van der Waals surface area contributed by atoms with Crippen molar-refractivity contribution in [1.82, 2.24) is 10.6 Å². The monoisotopic (exact) mass is 416 g/mol. The zero-order valence-corrected chi connectivity index (χ0v) is 19.4. The number of ketones is 1. The van der Waals surface area contributed by atoms with Gasteiger partial charge in [0.1, 0.15) is 11.8 Å². The molecule has 1 rings (SSSR count). The molecule has 5 nitrogen and oxygen atoms in total. The van der Waals surface area contributed by atoms with E-state index in [0.29, 0.717) is 38.0 Å². The van der Waals surface area contributed by atoms with E-state index in [0.717, 1.165) is 18.4 Å². The molecule has 2 amide bonds. The number of amides is 2. The van der Waals surface area contributed by atoms with Crippen LogP contribution in [0.1, 0.15) is 78.7 Å². The summed E-state index contributed by atoms with van der Waals surface area (Å²) in [4.78, 5) is 37.4. The van der Waals surface area contributed by atoms with Crippen LogP contribution in [0.3, 0.4) is 0 Å². The molecule has 0 aliphatic heterocycles. The maximum absolute atomic E-state index is 12.9. The maximum atomic E-state index is 12.9.